The number of nitrogens with zero attached hydrogens (tertiary/aromatic N) is 1. The van der Waals surface area contributed by atoms with Crippen LogP contribution in [0.2, 0.25) is 0 Å². The third kappa shape index (κ3) is 2.02. The highest BCUT2D eigenvalue weighted by molar-refractivity contribution is 5.95. The Morgan fingerprint density at radius 1 is 1.29 bits per heavy atom. The lowest BCUT2D eigenvalue weighted by Gasteiger charge is -1.88. The number of carbonyl (C=O) groups excluding carboxylic acids is 1. The van der Waals surface area contributed by atoms with E-state index in [2.05, 4.69) is 0 Å². The Labute approximate surface area is 84.2 Å². The Bertz CT molecular complexity index is 396. The lowest BCUT2D eigenvalue weighted by atomic mass is 10.2. The second-order valence-electron chi connectivity index (χ2n) is 2.82. The van der Waals surface area contributed by atoms with Crippen LogP contribution in [0.15, 0.2) is 36.7 Å². The van der Waals surface area contributed by atoms with Crippen LogP contribution in [0.3, 0.4) is 0 Å². The van der Waals surface area contributed by atoms with Crippen LogP contribution >= 0.6 is 0 Å². The van der Waals surface area contributed by atoms with Gasteiger partial charge in [0, 0.05) is 23.5 Å². The first kappa shape index (κ1) is 10.5. The molecule has 0 aliphatic heterocycles. The van der Waals surface area contributed by atoms with Gasteiger partial charge in [0.15, 0.2) is 5.78 Å². The summed E-state index contributed by atoms with van der Waals surface area (Å²) in [6.45, 7) is 5.58. The monoisotopic (exact) mass is 189 g/mol. The molecule has 0 N–H and O–H groups in total. The Morgan fingerprint density at radius 2 is 2.00 bits per heavy atom. The number of aromatic nitrogens is 1. The van der Waals surface area contributed by atoms with E-state index in [0.29, 0.717) is 0 Å². The molecule has 0 spiro atoms. The molecule has 0 aliphatic carbocycles. The van der Waals surface area contributed by atoms with Crippen LogP contribution in [0.1, 0.15) is 31.1 Å². The van der Waals surface area contributed by atoms with Gasteiger partial charge in [0.25, 0.3) is 0 Å². The van der Waals surface area contributed by atoms with Crippen LogP contribution in [0, 0.1) is 0 Å². The summed E-state index contributed by atoms with van der Waals surface area (Å²) in [6.07, 6.45) is 3.78. The summed E-state index contributed by atoms with van der Waals surface area (Å²) < 4.78 is 1.94. The fourth-order valence-corrected chi connectivity index (χ4v) is 1.25. The Balaban J connectivity index is 0.000000461. The second-order valence-corrected chi connectivity index (χ2v) is 2.82. The van der Waals surface area contributed by atoms with Crippen molar-refractivity contribution in [1.29, 1.82) is 0 Å². The van der Waals surface area contributed by atoms with E-state index >= 15 is 0 Å². The average Bonchev–Trinajstić information content (AvgIpc) is 2.64. The van der Waals surface area contributed by atoms with E-state index in [0.717, 1.165) is 11.1 Å². The van der Waals surface area contributed by atoms with Crippen LogP contribution in [-0.2, 0) is 0 Å². The zero-order chi connectivity index (χ0) is 10.6. The molecule has 2 heteroatoms. The van der Waals surface area contributed by atoms with Gasteiger partial charge in [0.2, 0.25) is 0 Å². The Kier molecular flexibility index (Phi) is 3.46. The molecule has 0 aliphatic rings. The number of Topliss-reactive ketones (excluding diaryl/α,β-unsaturated/α-hetero) is 1. The number of ketones is 1. The standard InChI is InChI=1S/C10H9NO.C2H6/c1-8(12)9-6-10-4-2-3-5-11(10)7-9;1-2/h2-7H,1H3;1-2H3. The molecule has 2 aromatic rings. The Hall–Kier alpha value is -1.57. The van der Waals surface area contributed by atoms with Crippen LogP contribution in [0.5, 0.6) is 0 Å². The summed E-state index contributed by atoms with van der Waals surface area (Å²) >= 11 is 0. The van der Waals surface area contributed by atoms with Crippen molar-refractivity contribution in [1.82, 2.24) is 4.40 Å². The Morgan fingerprint density at radius 3 is 2.57 bits per heavy atom. The van der Waals surface area contributed by atoms with E-state index in [1.165, 1.54) is 0 Å². The van der Waals surface area contributed by atoms with E-state index in [-0.39, 0.29) is 5.78 Å². The van der Waals surface area contributed by atoms with Gasteiger partial charge in [-0.25, -0.2) is 0 Å². The van der Waals surface area contributed by atoms with Gasteiger partial charge in [-0.05, 0) is 25.1 Å². The summed E-state index contributed by atoms with van der Waals surface area (Å²) in [4.78, 5) is 11.0. The molecule has 2 heterocycles. The van der Waals surface area contributed by atoms with Crippen molar-refractivity contribution in [2.75, 3.05) is 0 Å². The van der Waals surface area contributed by atoms with Gasteiger partial charge >= 0.3 is 0 Å². The van der Waals surface area contributed by atoms with E-state index < -0.39 is 0 Å². The summed E-state index contributed by atoms with van der Waals surface area (Å²) in [5, 5.41) is 0. The van der Waals surface area contributed by atoms with Crippen LogP contribution < -0.4 is 0 Å². The molecule has 0 amide bonds. The fraction of sp³-hybridized carbons (Fsp3) is 0.250. The molecule has 0 saturated carbocycles. The van der Waals surface area contributed by atoms with Crippen molar-refractivity contribution < 1.29 is 4.79 Å². The predicted molar refractivity (Wildman–Crippen MR) is 58.7 cm³/mol. The largest absolute Gasteiger partial charge is 0.323 e. The zero-order valence-corrected chi connectivity index (χ0v) is 8.82. The number of rotatable bonds is 1. The van der Waals surface area contributed by atoms with Gasteiger partial charge in [-0.15, -0.1) is 0 Å². The molecule has 74 valence electrons. The smallest absolute Gasteiger partial charge is 0.161 e. The molecule has 0 bridgehead atoms. The molecular weight excluding hydrogens is 174 g/mol. The highest BCUT2D eigenvalue weighted by Crippen LogP contribution is 2.09. The minimum absolute atomic E-state index is 0.110. The summed E-state index contributed by atoms with van der Waals surface area (Å²) in [6, 6.07) is 7.77. The van der Waals surface area contributed by atoms with E-state index in [1.54, 1.807) is 6.92 Å². The lowest BCUT2D eigenvalue weighted by Crippen LogP contribution is -1.86. The van der Waals surface area contributed by atoms with Crippen LogP contribution in [0.4, 0.5) is 0 Å². The number of carbonyl (C=O) groups is 1. The molecule has 14 heavy (non-hydrogen) atoms. The average molecular weight is 189 g/mol. The molecule has 2 rings (SSSR count). The molecule has 0 aromatic carbocycles. The highest BCUT2D eigenvalue weighted by atomic mass is 16.1. The van der Waals surface area contributed by atoms with E-state index in [1.807, 2.05) is 54.9 Å². The number of hydrogen-bond donors (Lipinski definition) is 0. The van der Waals surface area contributed by atoms with E-state index in [4.69, 9.17) is 0 Å². The molecular formula is C12H15NO. The fourth-order valence-electron chi connectivity index (χ4n) is 1.25. The molecule has 0 radical (unpaired) electrons. The molecule has 0 unspecified atom stereocenters. The first-order valence-electron chi connectivity index (χ1n) is 4.85. The zero-order valence-electron chi connectivity index (χ0n) is 8.82. The molecule has 2 nitrogen and oxygen atoms in total. The SMILES string of the molecule is CC.CC(=O)c1cc2ccccn2c1. The first-order chi connectivity index (χ1) is 6.77. The van der Waals surface area contributed by atoms with Crippen molar-refractivity contribution in [2.45, 2.75) is 20.8 Å². The topological polar surface area (TPSA) is 21.5 Å². The van der Waals surface area contributed by atoms with Gasteiger partial charge in [0.1, 0.15) is 0 Å². The molecule has 2 aromatic heterocycles. The summed E-state index contributed by atoms with van der Waals surface area (Å²) in [7, 11) is 0. The van der Waals surface area contributed by atoms with Crippen molar-refractivity contribution in [3.05, 3.63) is 42.2 Å². The summed E-state index contributed by atoms with van der Waals surface area (Å²) in [5.74, 6) is 0.110. The van der Waals surface area contributed by atoms with Crippen molar-refractivity contribution in [3.63, 3.8) is 0 Å². The maximum atomic E-state index is 11.0. The third-order valence-electron chi connectivity index (χ3n) is 1.91. The number of fused-ring (bicyclic) bond motifs is 1. The first-order valence-corrected chi connectivity index (χ1v) is 4.85. The van der Waals surface area contributed by atoms with Crippen LogP contribution in [0.25, 0.3) is 5.52 Å². The van der Waals surface area contributed by atoms with Gasteiger partial charge in [-0.2, -0.15) is 0 Å². The summed E-state index contributed by atoms with van der Waals surface area (Å²) in [5.41, 5.74) is 1.82. The molecule has 0 saturated heterocycles. The van der Waals surface area contributed by atoms with Crippen molar-refractivity contribution in [3.8, 4) is 0 Å². The highest BCUT2D eigenvalue weighted by Gasteiger charge is 2.01. The minimum atomic E-state index is 0.110. The maximum absolute atomic E-state index is 11.0. The minimum Gasteiger partial charge on any atom is -0.323 e. The van der Waals surface area contributed by atoms with Crippen molar-refractivity contribution >= 4 is 11.3 Å². The van der Waals surface area contributed by atoms with Crippen molar-refractivity contribution in [2.24, 2.45) is 0 Å². The van der Waals surface area contributed by atoms with E-state index in [9.17, 15) is 4.79 Å². The molecule has 0 atom stereocenters. The second kappa shape index (κ2) is 4.61. The lowest BCUT2D eigenvalue weighted by molar-refractivity contribution is 0.101. The third-order valence-corrected chi connectivity index (χ3v) is 1.91. The molecule has 0 fully saturated rings. The normalized spacial score (nSPS) is 9.36. The van der Waals surface area contributed by atoms with Crippen LogP contribution in [-0.4, -0.2) is 10.2 Å². The number of hydrogen-bond acceptors (Lipinski definition) is 1. The van der Waals surface area contributed by atoms with Gasteiger partial charge < -0.3 is 4.40 Å². The van der Waals surface area contributed by atoms with Gasteiger partial charge in [0.05, 0.1) is 0 Å². The predicted octanol–water partition coefficient (Wildman–Crippen LogP) is 3.17. The maximum Gasteiger partial charge on any atom is 0.161 e. The quantitative estimate of drug-likeness (QED) is 0.631. The van der Waals surface area contributed by atoms with Gasteiger partial charge in [-0.3, -0.25) is 4.79 Å². The number of pyridine rings is 1. The van der Waals surface area contributed by atoms with Gasteiger partial charge in [-0.1, -0.05) is 19.9 Å².